The third-order valence-corrected chi connectivity index (χ3v) is 2.27. The van der Waals surface area contributed by atoms with E-state index in [1.54, 1.807) is 24.3 Å². The second-order valence-electron chi connectivity index (χ2n) is 2.98. The van der Waals surface area contributed by atoms with Gasteiger partial charge >= 0.3 is 0 Å². The Morgan fingerprint density at radius 3 is 2.40 bits per heavy atom. The number of halogens is 1. The minimum absolute atomic E-state index is 0.112. The molecule has 2 nitrogen and oxygen atoms in total. The van der Waals surface area contributed by atoms with Crippen LogP contribution in [0.5, 0.6) is 17.2 Å². The van der Waals surface area contributed by atoms with Crippen LogP contribution in [0.3, 0.4) is 0 Å². The third kappa shape index (κ3) is 2.22. The first-order valence-corrected chi connectivity index (χ1v) is 4.83. The summed E-state index contributed by atoms with van der Waals surface area (Å²) < 4.78 is 5.46. The summed E-state index contributed by atoms with van der Waals surface area (Å²) in [4.78, 5) is 0. The Morgan fingerprint density at radius 1 is 0.933 bits per heavy atom. The monoisotopic (exact) mass is 219 g/mol. The summed E-state index contributed by atoms with van der Waals surface area (Å²) >= 11 is 5.81. The molecule has 0 amide bonds. The summed E-state index contributed by atoms with van der Waals surface area (Å²) in [5, 5.41) is 11.3. The minimum atomic E-state index is -0.231. The van der Waals surface area contributed by atoms with Gasteiger partial charge in [0.05, 0.1) is 0 Å². The van der Waals surface area contributed by atoms with Gasteiger partial charge in [0.2, 0.25) is 5.75 Å². The summed E-state index contributed by atoms with van der Waals surface area (Å²) in [7, 11) is 0. The highest BCUT2D eigenvalue weighted by Gasteiger charge is 2.07. The highest BCUT2D eigenvalue weighted by Crippen LogP contribution is 2.35. The van der Waals surface area contributed by atoms with E-state index in [9.17, 15) is 5.11 Å². The average Bonchev–Trinajstić information content (AvgIpc) is 2.26. The molecule has 15 heavy (non-hydrogen) atoms. The van der Waals surface area contributed by atoms with Crippen LogP contribution in [0.15, 0.2) is 48.5 Å². The SMILES string of the molecule is [O]c1cccc(Oc2ccccc2)c1Cl. The lowest BCUT2D eigenvalue weighted by Crippen LogP contribution is -1.84. The molecule has 2 aromatic carbocycles. The molecule has 0 saturated heterocycles. The fourth-order valence-corrected chi connectivity index (χ4v) is 1.35. The topological polar surface area (TPSA) is 29.1 Å². The number of hydrogen-bond acceptors (Lipinski definition) is 1. The summed E-state index contributed by atoms with van der Waals surface area (Å²) in [5.41, 5.74) is 0. The molecule has 0 atom stereocenters. The molecule has 0 aliphatic carbocycles. The van der Waals surface area contributed by atoms with Crippen molar-refractivity contribution in [1.82, 2.24) is 0 Å². The van der Waals surface area contributed by atoms with Crippen LogP contribution in [0.1, 0.15) is 0 Å². The predicted octanol–water partition coefficient (Wildman–Crippen LogP) is 4.28. The van der Waals surface area contributed by atoms with Crippen molar-refractivity contribution in [2.45, 2.75) is 0 Å². The third-order valence-electron chi connectivity index (χ3n) is 1.90. The zero-order chi connectivity index (χ0) is 10.7. The first-order valence-electron chi connectivity index (χ1n) is 4.46. The fraction of sp³-hybridized carbons (Fsp3) is 0. The molecule has 0 unspecified atom stereocenters. The molecule has 2 aromatic rings. The van der Waals surface area contributed by atoms with Crippen molar-refractivity contribution >= 4 is 11.6 Å². The van der Waals surface area contributed by atoms with Crippen molar-refractivity contribution in [3.63, 3.8) is 0 Å². The van der Waals surface area contributed by atoms with E-state index in [1.165, 1.54) is 6.07 Å². The summed E-state index contributed by atoms with van der Waals surface area (Å²) in [5.74, 6) is 0.811. The number of rotatable bonds is 2. The van der Waals surface area contributed by atoms with Crippen LogP contribution < -0.4 is 4.74 Å². The molecule has 0 aliphatic rings. The molecule has 2 rings (SSSR count). The van der Waals surface area contributed by atoms with Gasteiger partial charge in [-0.3, -0.25) is 5.11 Å². The summed E-state index contributed by atoms with van der Waals surface area (Å²) in [6.07, 6.45) is 0. The van der Waals surface area contributed by atoms with Crippen LogP contribution in [0.4, 0.5) is 0 Å². The molecule has 0 spiro atoms. The Morgan fingerprint density at radius 2 is 1.67 bits per heavy atom. The molecule has 3 heteroatoms. The Balaban J connectivity index is 2.29. The van der Waals surface area contributed by atoms with Crippen LogP contribution in [0.25, 0.3) is 0 Å². The normalized spacial score (nSPS) is 9.93. The van der Waals surface area contributed by atoms with Crippen LogP contribution >= 0.6 is 11.6 Å². The lowest BCUT2D eigenvalue weighted by molar-refractivity contribution is 0.352. The zero-order valence-electron chi connectivity index (χ0n) is 7.81. The van der Waals surface area contributed by atoms with Crippen molar-refractivity contribution in [1.29, 1.82) is 0 Å². The lowest BCUT2D eigenvalue weighted by Gasteiger charge is -2.06. The molecule has 75 valence electrons. The smallest absolute Gasteiger partial charge is 0.200 e. The number of para-hydroxylation sites is 1. The standard InChI is InChI=1S/C12H8ClO2/c13-12-10(14)7-4-8-11(12)15-9-5-2-1-3-6-9/h1-8H. The zero-order valence-corrected chi connectivity index (χ0v) is 8.57. The summed E-state index contributed by atoms with van der Waals surface area (Å²) in [6.45, 7) is 0. The second-order valence-corrected chi connectivity index (χ2v) is 3.36. The Labute approximate surface area is 92.7 Å². The van der Waals surface area contributed by atoms with Crippen molar-refractivity contribution in [3.05, 3.63) is 53.6 Å². The van der Waals surface area contributed by atoms with Gasteiger partial charge in [0.25, 0.3) is 0 Å². The van der Waals surface area contributed by atoms with Crippen molar-refractivity contribution in [2.75, 3.05) is 0 Å². The van der Waals surface area contributed by atoms with Crippen molar-refractivity contribution < 1.29 is 9.84 Å². The maximum Gasteiger partial charge on any atom is 0.200 e. The Bertz CT molecular complexity index is 454. The Kier molecular flexibility index (Phi) is 2.79. The van der Waals surface area contributed by atoms with Gasteiger partial charge < -0.3 is 4.74 Å². The van der Waals surface area contributed by atoms with Crippen LogP contribution in [0.2, 0.25) is 5.02 Å². The molecular formula is C12H8ClO2. The van der Waals surface area contributed by atoms with E-state index in [1.807, 2.05) is 18.2 Å². The van der Waals surface area contributed by atoms with E-state index in [4.69, 9.17) is 16.3 Å². The Hall–Kier alpha value is -1.67. The lowest BCUT2D eigenvalue weighted by atomic mass is 10.3. The first kappa shape index (κ1) is 9.87. The van der Waals surface area contributed by atoms with Gasteiger partial charge in [-0.2, -0.15) is 0 Å². The highest BCUT2D eigenvalue weighted by atomic mass is 35.5. The molecule has 0 saturated carbocycles. The van der Waals surface area contributed by atoms with E-state index in [-0.39, 0.29) is 10.8 Å². The molecule has 0 heterocycles. The fourth-order valence-electron chi connectivity index (χ4n) is 1.18. The maximum absolute atomic E-state index is 11.2. The molecular weight excluding hydrogens is 212 g/mol. The second kappa shape index (κ2) is 4.24. The van der Waals surface area contributed by atoms with E-state index in [0.29, 0.717) is 11.5 Å². The van der Waals surface area contributed by atoms with E-state index in [0.717, 1.165) is 0 Å². The van der Waals surface area contributed by atoms with E-state index in [2.05, 4.69) is 0 Å². The van der Waals surface area contributed by atoms with E-state index >= 15 is 0 Å². The molecule has 0 N–H and O–H groups in total. The van der Waals surface area contributed by atoms with E-state index < -0.39 is 0 Å². The predicted molar refractivity (Wildman–Crippen MR) is 58.1 cm³/mol. The summed E-state index contributed by atoms with van der Waals surface area (Å²) in [6, 6.07) is 13.9. The van der Waals surface area contributed by atoms with Gasteiger partial charge in [0.1, 0.15) is 16.5 Å². The van der Waals surface area contributed by atoms with Gasteiger partial charge in [-0.15, -0.1) is 0 Å². The van der Waals surface area contributed by atoms with Gasteiger partial charge in [0, 0.05) is 0 Å². The maximum atomic E-state index is 11.2. The molecule has 1 radical (unpaired) electrons. The number of ether oxygens (including phenoxy) is 1. The molecule has 0 bridgehead atoms. The van der Waals surface area contributed by atoms with Gasteiger partial charge in [-0.25, -0.2) is 0 Å². The molecule has 0 aliphatic heterocycles. The van der Waals surface area contributed by atoms with Crippen LogP contribution in [-0.4, -0.2) is 0 Å². The minimum Gasteiger partial charge on any atom is -0.456 e. The van der Waals surface area contributed by atoms with Gasteiger partial charge in [0.15, 0.2) is 0 Å². The largest absolute Gasteiger partial charge is 0.456 e. The van der Waals surface area contributed by atoms with Crippen LogP contribution in [0, 0.1) is 0 Å². The van der Waals surface area contributed by atoms with Crippen LogP contribution in [-0.2, 0) is 5.11 Å². The van der Waals surface area contributed by atoms with Gasteiger partial charge in [-0.1, -0.05) is 35.9 Å². The average molecular weight is 220 g/mol. The van der Waals surface area contributed by atoms with Crippen molar-refractivity contribution in [3.8, 4) is 17.2 Å². The van der Waals surface area contributed by atoms with Crippen molar-refractivity contribution in [2.24, 2.45) is 0 Å². The highest BCUT2D eigenvalue weighted by molar-refractivity contribution is 6.33. The first-order chi connectivity index (χ1) is 7.27. The van der Waals surface area contributed by atoms with Gasteiger partial charge in [-0.05, 0) is 24.3 Å². The quantitative estimate of drug-likeness (QED) is 0.741. The molecule has 0 aromatic heterocycles. The number of hydrogen-bond donors (Lipinski definition) is 0. The molecule has 0 fully saturated rings. The number of benzene rings is 2.